The zero-order chi connectivity index (χ0) is 18.0. The van der Waals surface area contributed by atoms with Crippen molar-refractivity contribution in [2.24, 2.45) is 0 Å². The molecule has 1 N–H and O–H groups in total. The van der Waals surface area contributed by atoms with Crippen LogP contribution in [0.25, 0.3) is 0 Å². The number of nitrogens with one attached hydrogen (secondary N) is 1. The molecule has 1 aromatic heterocycles. The van der Waals surface area contributed by atoms with E-state index in [4.69, 9.17) is 4.74 Å². The monoisotopic (exact) mass is 342 g/mol. The van der Waals surface area contributed by atoms with E-state index in [1.807, 2.05) is 72.8 Å². The van der Waals surface area contributed by atoms with E-state index in [9.17, 15) is 4.79 Å². The fourth-order valence-electron chi connectivity index (χ4n) is 2.28. The predicted molar refractivity (Wildman–Crippen MR) is 101 cm³/mol. The predicted octanol–water partition coefficient (Wildman–Crippen LogP) is 3.64. The molecule has 0 unspecified atom stereocenters. The molecule has 3 rings (SSSR count). The number of benzene rings is 2. The first-order valence-corrected chi connectivity index (χ1v) is 8.24. The molecule has 0 atom stereocenters. The highest BCUT2D eigenvalue weighted by atomic mass is 16.5. The summed E-state index contributed by atoms with van der Waals surface area (Å²) in [6.07, 6.45) is 1.70. The van der Waals surface area contributed by atoms with Crippen molar-refractivity contribution in [2.75, 3.05) is 11.9 Å². The van der Waals surface area contributed by atoms with Crippen LogP contribution in [0.4, 0.5) is 5.69 Å². The number of nitrogens with zero attached hydrogens (tertiary/aromatic N) is 1. The quantitative estimate of drug-likeness (QED) is 0.720. The summed E-state index contributed by atoms with van der Waals surface area (Å²) in [5.74, 6) is 5.84. The molecular formula is C22H18N2O2. The molecule has 128 valence electrons. The summed E-state index contributed by atoms with van der Waals surface area (Å²) < 4.78 is 5.44. The highest BCUT2D eigenvalue weighted by Gasteiger charge is 2.03. The van der Waals surface area contributed by atoms with Gasteiger partial charge in [-0.15, -0.1) is 0 Å². The van der Waals surface area contributed by atoms with Crippen LogP contribution < -0.4 is 5.32 Å². The molecule has 26 heavy (non-hydrogen) atoms. The molecule has 4 heteroatoms. The Morgan fingerprint density at radius 3 is 2.62 bits per heavy atom. The van der Waals surface area contributed by atoms with Crippen LogP contribution in [0.1, 0.15) is 16.8 Å². The average Bonchev–Trinajstić information content (AvgIpc) is 2.68. The first-order valence-electron chi connectivity index (χ1n) is 8.24. The number of hydrogen-bond donors (Lipinski definition) is 1. The molecule has 0 saturated heterocycles. The van der Waals surface area contributed by atoms with Gasteiger partial charge in [-0.05, 0) is 41.8 Å². The molecule has 4 nitrogen and oxygen atoms in total. The van der Waals surface area contributed by atoms with E-state index in [0.717, 1.165) is 11.1 Å². The lowest BCUT2D eigenvalue weighted by molar-refractivity contribution is -0.121. The maximum atomic E-state index is 12.0. The Hall–Kier alpha value is -3.42. The summed E-state index contributed by atoms with van der Waals surface area (Å²) in [4.78, 5) is 16.2. The van der Waals surface area contributed by atoms with Crippen LogP contribution in [-0.4, -0.2) is 17.5 Å². The lowest BCUT2D eigenvalue weighted by Gasteiger charge is -2.07. The minimum Gasteiger partial charge on any atom is -0.367 e. The Balaban J connectivity index is 1.53. The number of rotatable bonds is 5. The van der Waals surface area contributed by atoms with E-state index in [-0.39, 0.29) is 12.5 Å². The molecular weight excluding hydrogens is 324 g/mol. The van der Waals surface area contributed by atoms with Crippen LogP contribution in [0.5, 0.6) is 0 Å². The van der Waals surface area contributed by atoms with Gasteiger partial charge >= 0.3 is 0 Å². The molecule has 0 aliphatic carbocycles. The van der Waals surface area contributed by atoms with E-state index in [1.54, 1.807) is 6.20 Å². The Morgan fingerprint density at radius 1 is 0.962 bits per heavy atom. The minimum atomic E-state index is -0.198. The second kappa shape index (κ2) is 9.16. The van der Waals surface area contributed by atoms with Crippen molar-refractivity contribution in [3.8, 4) is 11.8 Å². The molecule has 2 aromatic carbocycles. The molecule has 0 saturated carbocycles. The number of carbonyl (C=O) groups is 1. The SMILES string of the molecule is O=C(COCc1ccccc1)Nc1cccc(C#Cc2ccccn2)c1. The number of aromatic nitrogens is 1. The normalized spacial score (nSPS) is 9.85. The number of amides is 1. The summed E-state index contributed by atoms with van der Waals surface area (Å²) in [5, 5.41) is 2.82. The zero-order valence-electron chi connectivity index (χ0n) is 14.2. The van der Waals surface area contributed by atoms with E-state index >= 15 is 0 Å². The molecule has 0 radical (unpaired) electrons. The Morgan fingerprint density at radius 2 is 1.81 bits per heavy atom. The number of pyridine rings is 1. The van der Waals surface area contributed by atoms with Crippen LogP contribution in [0.2, 0.25) is 0 Å². The molecule has 1 heterocycles. The van der Waals surface area contributed by atoms with Crippen molar-refractivity contribution in [3.05, 3.63) is 95.8 Å². The second-order valence-corrected chi connectivity index (χ2v) is 5.57. The molecule has 0 bridgehead atoms. The van der Waals surface area contributed by atoms with E-state index < -0.39 is 0 Å². The fraction of sp³-hybridized carbons (Fsp3) is 0.0909. The van der Waals surface area contributed by atoms with Crippen molar-refractivity contribution >= 4 is 11.6 Å². The van der Waals surface area contributed by atoms with Crippen LogP contribution in [-0.2, 0) is 16.1 Å². The molecule has 0 aliphatic rings. The van der Waals surface area contributed by atoms with Crippen LogP contribution >= 0.6 is 0 Å². The average molecular weight is 342 g/mol. The van der Waals surface area contributed by atoms with Gasteiger partial charge in [-0.1, -0.05) is 48.4 Å². The van der Waals surface area contributed by atoms with Gasteiger partial charge in [0.25, 0.3) is 0 Å². The maximum absolute atomic E-state index is 12.0. The molecule has 0 spiro atoms. The Kier molecular flexibility index (Phi) is 6.13. The third kappa shape index (κ3) is 5.59. The number of hydrogen-bond acceptors (Lipinski definition) is 3. The standard InChI is InChI=1S/C22H18N2O2/c25-22(17-26-16-19-7-2-1-3-8-19)24-21-11-6-9-18(15-21)12-13-20-10-4-5-14-23-20/h1-11,14-15H,16-17H2,(H,24,25). The summed E-state index contributed by atoms with van der Waals surface area (Å²) in [6.45, 7) is 0.405. The van der Waals surface area contributed by atoms with Gasteiger partial charge in [0.05, 0.1) is 6.61 Å². The molecule has 0 fully saturated rings. The first-order chi connectivity index (χ1) is 12.8. The van der Waals surface area contributed by atoms with Crippen molar-refractivity contribution in [3.63, 3.8) is 0 Å². The largest absolute Gasteiger partial charge is 0.367 e. The Bertz CT molecular complexity index is 913. The number of ether oxygens (including phenoxy) is 1. The van der Waals surface area contributed by atoms with Gasteiger partial charge in [0.2, 0.25) is 5.91 Å². The van der Waals surface area contributed by atoms with E-state index in [2.05, 4.69) is 22.1 Å². The molecule has 0 aliphatic heterocycles. The smallest absolute Gasteiger partial charge is 0.250 e. The summed E-state index contributed by atoms with van der Waals surface area (Å²) in [5.41, 5.74) is 3.23. The van der Waals surface area contributed by atoms with Gasteiger partial charge < -0.3 is 10.1 Å². The summed E-state index contributed by atoms with van der Waals surface area (Å²) in [6, 6.07) is 22.7. The number of carbonyl (C=O) groups excluding carboxylic acids is 1. The summed E-state index contributed by atoms with van der Waals surface area (Å²) in [7, 11) is 0. The van der Waals surface area contributed by atoms with Crippen molar-refractivity contribution < 1.29 is 9.53 Å². The zero-order valence-corrected chi connectivity index (χ0v) is 14.2. The molecule has 1 amide bonds. The van der Waals surface area contributed by atoms with Crippen LogP contribution in [0.15, 0.2) is 79.0 Å². The van der Waals surface area contributed by atoms with Gasteiger partial charge in [0, 0.05) is 17.4 Å². The van der Waals surface area contributed by atoms with Crippen molar-refractivity contribution in [1.29, 1.82) is 0 Å². The highest BCUT2D eigenvalue weighted by molar-refractivity contribution is 5.91. The van der Waals surface area contributed by atoms with Gasteiger partial charge in [0.1, 0.15) is 12.3 Å². The van der Waals surface area contributed by atoms with E-state index in [1.165, 1.54) is 0 Å². The topological polar surface area (TPSA) is 51.2 Å². The van der Waals surface area contributed by atoms with E-state index in [0.29, 0.717) is 18.0 Å². The lowest BCUT2D eigenvalue weighted by Crippen LogP contribution is -2.18. The molecule has 3 aromatic rings. The summed E-state index contributed by atoms with van der Waals surface area (Å²) >= 11 is 0. The Labute approximate surface area is 152 Å². The maximum Gasteiger partial charge on any atom is 0.250 e. The third-order valence-electron chi connectivity index (χ3n) is 3.49. The minimum absolute atomic E-state index is 0.00125. The van der Waals surface area contributed by atoms with Gasteiger partial charge in [-0.3, -0.25) is 4.79 Å². The van der Waals surface area contributed by atoms with Crippen LogP contribution in [0.3, 0.4) is 0 Å². The third-order valence-corrected chi connectivity index (χ3v) is 3.49. The highest BCUT2D eigenvalue weighted by Crippen LogP contribution is 2.10. The lowest BCUT2D eigenvalue weighted by atomic mass is 10.2. The van der Waals surface area contributed by atoms with Gasteiger partial charge in [-0.25, -0.2) is 4.98 Å². The van der Waals surface area contributed by atoms with Crippen LogP contribution in [0, 0.1) is 11.8 Å². The van der Waals surface area contributed by atoms with Gasteiger partial charge in [-0.2, -0.15) is 0 Å². The van der Waals surface area contributed by atoms with Gasteiger partial charge in [0.15, 0.2) is 0 Å². The number of anilines is 1. The van der Waals surface area contributed by atoms with Crippen molar-refractivity contribution in [2.45, 2.75) is 6.61 Å². The first kappa shape index (κ1) is 17.4. The second-order valence-electron chi connectivity index (χ2n) is 5.57. The fourth-order valence-corrected chi connectivity index (χ4v) is 2.28. The van der Waals surface area contributed by atoms with Crippen molar-refractivity contribution in [1.82, 2.24) is 4.98 Å².